The van der Waals surface area contributed by atoms with E-state index >= 15 is 0 Å². The number of fused-ring (bicyclic) bond motifs is 3. The fourth-order valence-corrected chi connectivity index (χ4v) is 4.12. The number of nitrogens with one attached hydrogen (secondary N) is 4. The quantitative estimate of drug-likeness (QED) is 0.516. The van der Waals surface area contributed by atoms with Gasteiger partial charge in [0, 0.05) is 36.5 Å². The van der Waals surface area contributed by atoms with Crippen LogP contribution in [-0.4, -0.2) is 49.3 Å². The Bertz CT molecular complexity index is 1150. The molecule has 2 aliphatic heterocycles. The Labute approximate surface area is 178 Å². The number of rotatable bonds is 3. The SMILES string of the molecule is COc1c(F)cccc1Nc1c2[nH]c3c1C(=O)NC[C@@H]3COCCNc1cnccc1-2. The lowest BCUT2D eigenvalue weighted by Gasteiger charge is -2.24. The minimum Gasteiger partial charge on any atom is -0.492 e. The summed E-state index contributed by atoms with van der Waals surface area (Å²) in [6, 6.07) is 6.50. The van der Waals surface area contributed by atoms with Crippen LogP contribution in [0.15, 0.2) is 36.7 Å². The van der Waals surface area contributed by atoms with Crippen molar-refractivity contribution >= 4 is 23.0 Å². The summed E-state index contributed by atoms with van der Waals surface area (Å²) < 4.78 is 25.4. The van der Waals surface area contributed by atoms with Crippen LogP contribution in [0.4, 0.5) is 21.5 Å². The van der Waals surface area contributed by atoms with Crippen molar-refractivity contribution in [3.8, 4) is 17.0 Å². The lowest BCUT2D eigenvalue weighted by molar-refractivity contribution is 0.0906. The van der Waals surface area contributed by atoms with Gasteiger partial charge in [0.15, 0.2) is 11.6 Å². The van der Waals surface area contributed by atoms with Gasteiger partial charge in [-0.05, 0) is 18.2 Å². The highest BCUT2D eigenvalue weighted by Crippen LogP contribution is 2.43. The number of amides is 1. The molecule has 2 aliphatic rings. The normalized spacial score (nSPS) is 17.6. The highest BCUT2D eigenvalue weighted by Gasteiger charge is 2.34. The van der Waals surface area contributed by atoms with Gasteiger partial charge in [-0.25, -0.2) is 4.39 Å². The van der Waals surface area contributed by atoms with Gasteiger partial charge in [0.1, 0.15) is 0 Å². The first kappa shape index (κ1) is 19.4. The number of aromatic amines is 1. The van der Waals surface area contributed by atoms with Crippen molar-refractivity contribution in [2.24, 2.45) is 0 Å². The van der Waals surface area contributed by atoms with Crippen LogP contribution in [-0.2, 0) is 4.74 Å². The average molecular weight is 423 g/mol. The molecule has 4 N–H and O–H groups in total. The smallest absolute Gasteiger partial charge is 0.255 e. The minimum absolute atomic E-state index is 0.0280. The highest BCUT2D eigenvalue weighted by atomic mass is 19.1. The number of anilines is 3. The summed E-state index contributed by atoms with van der Waals surface area (Å²) in [7, 11) is 1.41. The Morgan fingerprint density at radius 1 is 1.29 bits per heavy atom. The Hall–Kier alpha value is -3.59. The third kappa shape index (κ3) is 3.36. The second-order valence-corrected chi connectivity index (χ2v) is 7.44. The van der Waals surface area contributed by atoms with E-state index in [9.17, 15) is 9.18 Å². The highest BCUT2D eigenvalue weighted by molar-refractivity contribution is 6.07. The summed E-state index contributed by atoms with van der Waals surface area (Å²) in [6.07, 6.45) is 3.43. The third-order valence-electron chi connectivity index (χ3n) is 5.58. The topological polar surface area (TPSA) is 100 Å². The first-order valence-corrected chi connectivity index (χ1v) is 10.1. The van der Waals surface area contributed by atoms with Crippen molar-refractivity contribution in [2.75, 3.05) is 44.0 Å². The van der Waals surface area contributed by atoms with Gasteiger partial charge in [-0.3, -0.25) is 9.78 Å². The van der Waals surface area contributed by atoms with Crippen LogP contribution in [0.5, 0.6) is 5.75 Å². The minimum atomic E-state index is -0.491. The van der Waals surface area contributed by atoms with Gasteiger partial charge in [-0.15, -0.1) is 0 Å². The Kier molecular flexibility index (Phi) is 4.95. The van der Waals surface area contributed by atoms with Gasteiger partial charge in [0.25, 0.3) is 5.91 Å². The molecule has 3 aromatic rings. The van der Waals surface area contributed by atoms with Crippen LogP contribution in [0.2, 0.25) is 0 Å². The predicted octanol–water partition coefficient (Wildman–Crippen LogP) is 3.24. The number of aromatic nitrogens is 2. The van der Waals surface area contributed by atoms with Crippen LogP contribution >= 0.6 is 0 Å². The number of nitrogens with zero attached hydrogens (tertiary/aromatic N) is 1. The van der Waals surface area contributed by atoms with Gasteiger partial charge < -0.3 is 30.4 Å². The van der Waals surface area contributed by atoms with Gasteiger partial charge in [-0.1, -0.05) is 6.07 Å². The molecule has 5 rings (SSSR count). The fraction of sp³-hybridized carbons (Fsp3) is 0.273. The molecule has 1 amide bonds. The van der Waals surface area contributed by atoms with E-state index in [0.717, 1.165) is 16.9 Å². The van der Waals surface area contributed by atoms with E-state index in [-0.39, 0.29) is 17.6 Å². The first-order chi connectivity index (χ1) is 15.2. The van der Waals surface area contributed by atoms with E-state index in [1.165, 1.54) is 13.2 Å². The number of methoxy groups -OCH3 is 1. The standard InChI is InChI=1S/C22H22FN5O3/c1-30-21-14(23)3-2-4-15(21)27-20-17-18-12(9-26-22(17)29)11-31-8-7-25-16-10-24-6-5-13(16)19(20)28-18/h2-6,10,12,25,27-28H,7-9,11H2,1H3,(H,26,29)/t12-/m1/s1. The van der Waals surface area contributed by atoms with Gasteiger partial charge in [0.2, 0.25) is 0 Å². The summed E-state index contributed by atoms with van der Waals surface area (Å²) >= 11 is 0. The molecule has 31 heavy (non-hydrogen) atoms. The van der Waals surface area contributed by atoms with E-state index in [2.05, 4.69) is 25.9 Å². The number of hydrogen-bond donors (Lipinski definition) is 4. The number of ether oxygens (including phenoxy) is 2. The van der Waals surface area contributed by atoms with Crippen LogP contribution in [0.3, 0.4) is 0 Å². The molecule has 160 valence electrons. The maximum absolute atomic E-state index is 14.3. The van der Waals surface area contributed by atoms with Crippen LogP contribution < -0.4 is 20.7 Å². The Morgan fingerprint density at radius 2 is 2.19 bits per heavy atom. The lowest BCUT2D eigenvalue weighted by atomic mass is 9.96. The average Bonchev–Trinajstić information content (AvgIpc) is 3.13. The number of benzene rings is 1. The predicted molar refractivity (Wildman–Crippen MR) is 115 cm³/mol. The summed E-state index contributed by atoms with van der Waals surface area (Å²) in [5.41, 5.74) is 4.62. The molecule has 0 unspecified atom stereocenters. The number of halogens is 1. The number of pyridine rings is 1. The molecule has 0 fully saturated rings. The summed E-state index contributed by atoms with van der Waals surface area (Å²) in [6.45, 7) is 2.10. The third-order valence-corrected chi connectivity index (χ3v) is 5.58. The molecule has 0 saturated heterocycles. The molecule has 0 spiro atoms. The van der Waals surface area contributed by atoms with E-state index < -0.39 is 5.82 Å². The van der Waals surface area contributed by atoms with E-state index in [1.54, 1.807) is 24.5 Å². The van der Waals surface area contributed by atoms with Crippen LogP contribution in [0, 0.1) is 5.82 Å². The fourth-order valence-electron chi connectivity index (χ4n) is 4.12. The van der Waals surface area contributed by atoms with E-state index in [1.807, 2.05) is 6.07 Å². The molecule has 1 aromatic carbocycles. The number of carbonyl (C=O) groups is 1. The lowest BCUT2D eigenvalue weighted by Crippen LogP contribution is -2.37. The molecule has 8 nitrogen and oxygen atoms in total. The molecule has 9 heteroatoms. The van der Waals surface area contributed by atoms with Crippen LogP contribution in [0.1, 0.15) is 22.0 Å². The molecule has 2 bridgehead atoms. The molecule has 1 atom stereocenters. The van der Waals surface area contributed by atoms with Crippen molar-refractivity contribution < 1.29 is 18.7 Å². The zero-order valence-electron chi connectivity index (χ0n) is 16.9. The Morgan fingerprint density at radius 3 is 3.06 bits per heavy atom. The number of hydrogen-bond acceptors (Lipinski definition) is 6. The van der Waals surface area contributed by atoms with Gasteiger partial charge in [0.05, 0.1) is 54.8 Å². The maximum Gasteiger partial charge on any atom is 0.255 e. The second-order valence-electron chi connectivity index (χ2n) is 7.44. The molecular formula is C22H22FN5O3. The number of H-pyrrole nitrogens is 1. The van der Waals surface area contributed by atoms with Crippen LogP contribution in [0.25, 0.3) is 11.3 Å². The zero-order valence-corrected chi connectivity index (χ0v) is 16.9. The monoisotopic (exact) mass is 423 g/mol. The second kappa shape index (κ2) is 7.92. The van der Waals surface area contributed by atoms with Crippen molar-refractivity contribution in [3.05, 3.63) is 53.7 Å². The molecule has 4 heterocycles. The van der Waals surface area contributed by atoms with Gasteiger partial charge >= 0.3 is 0 Å². The largest absolute Gasteiger partial charge is 0.492 e. The van der Waals surface area contributed by atoms with E-state index in [0.29, 0.717) is 48.9 Å². The summed E-state index contributed by atoms with van der Waals surface area (Å²) in [4.78, 5) is 20.6. The number of carbonyl (C=O) groups excluding carboxylic acids is 1. The first-order valence-electron chi connectivity index (χ1n) is 10.1. The maximum atomic E-state index is 14.3. The molecule has 2 aromatic heterocycles. The summed E-state index contributed by atoms with van der Waals surface area (Å²) in [5.74, 6) is -0.643. The molecule has 0 radical (unpaired) electrons. The zero-order chi connectivity index (χ0) is 21.4. The molecule has 0 saturated carbocycles. The van der Waals surface area contributed by atoms with Crippen molar-refractivity contribution in [1.82, 2.24) is 15.3 Å². The van der Waals surface area contributed by atoms with Crippen molar-refractivity contribution in [2.45, 2.75) is 5.92 Å². The van der Waals surface area contributed by atoms with Gasteiger partial charge in [-0.2, -0.15) is 0 Å². The molecular weight excluding hydrogens is 401 g/mol. The summed E-state index contributed by atoms with van der Waals surface area (Å²) in [5, 5.41) is 9.55. The van der Waals surface area contributed by atoms with Crippen molar-refractivity contribution in [3.63, 3.8) is 0 Å². The number of para-hydroxylation sites is 1. The van der Waals surface area contributed by atoms with E-state index in [4.69, 9.17) is 9.47 Å². The van der Waals surface area contributed by atoms with Crippen molar-refractivity contribution in [1.29, 1.82) is 0 Å². The Balaban J connectivity index is 1.74. The molecule has 0 aliphatic carbocycles.